The van der Waals surface area contributed by atoms with Crippen molar-refractivity contribution in [1.82, 2.24) is 9.47 Å². The summed E-state index contributed by atoms with van der Waals surface area (Å²) in [5.74, 6) is 0.950. The zero-order valence-electron chi connectivity index (χ0n) is 11.9. The second kappa shape index (κ2) is 4.88. The molecular formula is C15H24N2O. The Bertz CT molecular complexity index is 428. The normalized spacial score (nSPS) is 21.4. The first-order chi connectivity index (χ1) is 8.36. The fourth-order valence-electron chi connectivity index (χ4n) is 2.65. The molecule has 3 nitrogen and oxygen atoms in total. The summed E-state index contributed by atoms with van der Waals surface area (Å²) in [6, 6.07) is 1.90. The summed E-state index contributed by atoms with van der Waals surface area (Å²) in [6.07, 6.45) is 5.04. The summed E-state index contributed by atoms with van der Waals surface area (Å²) in [7, 11) is 1.95. The summed E-state index contributed by atoms with van der Waals surface area (Å²) in [5, 5.41) is 0. The third-order valence-corrected chi connectivity index (χ3v) is 4.02. The molecule has 0 aromatic carbocycles. The van der Waals surface area contributed by atoms with Crippen molar-refractivity contribution in [1.29, 1.82) is 0 Å². The van der Waals surface area contributed by atoms with E-state index in [0.717, 1.165) is 18.7 Å². The molecule has 1 saturated heterocycles. The first-order valence-corrected chi connectivity index (χ1v) is 6.74. The van der Waals surface area contributed by atoms with Gasteiger partial charge in [0.25, 0.3) is 0 Å². The van der Waals surface area contributed by atoms with Crippen molar-refractivity contribution in [3.05, 3.63) is 24.0 Å². The van der Waals surface area contributed by atoms with Gasteiger partial charge in [-0.25, -0.2) is 0 Å². The van der Waals surface area contributed by atoms with Crippen LogP contribution in [0.5, 0.6) is 0 Å². The van der Waals surface area contributed by atoms with Gasteiger partial charge in [-0.2, -0.15) is 0 Å². The molecule has 0 aliphatic carbocycles. The molecule has 3 heteroatoms. The summed E-state index contributed by atoms with van der Waals surface area (Å²) in [5.41, 5.74) is 1.18. The van der Waals surface area contributed by atoms with Crippen molar-refractivity contribution >= 4 is 5.78 Å². The second-order valence-corrected chi connectivity index (χ2v) is 6.58. The predicted molar refractivity (Wildman–Crippen MR) is 73.7 cm³/mol. The molecule has 1 aliphatic heterocycles. The van der Waals surface area contributed by atoms with Gasteiger partial charge in [0.15, 0.2) is 5.78 Å². The Balaban J connectivity index is 1.90. The van der Waals surface area contributed by atoms with Gasteiger partial charge in [-0.05, 0) is 30.4 Å². The predicted octanol–water partition coefficient (Wildman–Crippen LogP) is 2.58. The van der Waals surface area contributed by atoms with Crippen LogP contribution in [0.1, 0.15) is 37.6 Å². The van der Waals surface area contributed by atoms with Gasteiger partial charge in [0.2, 0.25) is 0 Å². The minimum atomic E-state index is 0.241. The van der Waals surface area contributed by atoms with Crippen LogP contribution < -0.4 is 0 Å². The third-order valence-electron chi connectivity index (χ3n) is 4.02. The zero-order valence-corrected chi connectivity index (χ0v) is 11.9. The van der Waals surface area contributed by atoms with Crippen LogP contribution in [0.4, 0.5) is 0 Å². The van der Waals surface area contributed by atoms with Gasteiger partial charge in [-0.1, -0.05) is 20.8 Å². The van der Waals surface area contributed by atoms with Crippen LogP contribution in [0.2, 0.25) is 0 Å². The molecule has 18 heavy (non-hydrogen) atoms. The largest absolute Gasteiger partial charge is 0.357 e. The molecule has 2 heterocycles. The molecule has 1 atom stereocenters. The number of nitrogens with zero attached hydrogens (tertiary/aromatic N) is 2. The summed E-state index contributed by atoms with van der Waals surface area (Å²) >= 11 is 0. The highest BCUT2D eigenvalue weighted by atomic mass is 16.1. The van der Waals surface area contributed by atoms with Crippen LogP contribution in [0, 0.1) is 11.3 Å². The summed E-state index contributed by atoms with van der Waals surface area (Å²) < 4.78 is 1.93. The van der Waals surface area contributed by atoms with E-state index in [1.165, 1.54) is 6.42 Å². The topological polar surface area (TPSA) is 25.2 Å². The van der Waals surface area contributed by atoms with Crippen molar-refractivity contribution < 1.29 is 4.79 Å². The van der Waals surface area contributed by atoms with Crippen molar-refractivity contribution in [2.24, 2.45) is 18.4 Å². The van der Waals surface area contributed by atoms with E-state index in [1.807, 2.05) is 30.1 Å². The van der Waals surface area contributed by atoms with Gasteiger partial charge in [-0.15, -0.1) is 0 Å². The molecule has 1 aromatic heterocycles. The summed E-state index contributed by atoms with van der Waals surface area (Å²) in [6.45, 7) is 9.56. The van der Waals surface area contributed by atoms with E-state index in [4.69, 9.17) is 0 Å². The molecule has 0 bridgehead atoms. The number of aryl methyl sites for hydroxylation is 1. The lowest BCUT2D eigenvalue weighted by molar-refractivity contribution is 0.0938. The van der Waals surface area contributed by atoms with E-state index in [1.54, 1.807) is 0 Å². The van der Waals surface area contributed by atoms with Crippen LogP contribution in [0.3, 0.4) is 0 Å². The second-order valence-electron chi connectivity index (χ2n) is 6.58. The SMILES string of the molecule is Cn1ccc(C(=O)CN2CCC(C(C)(C)C)C2)c1. The molecule has 0 spiro atoms. The maximum Gasteiger partial charge on any atom is 0.178 e. The number of Topliss-reactive ketones (excluding diaryl/α,β-unsaturated/α-hetero) is 1. The Morgan fingerprint density at radius 1 is 1.44 bits per heavy atom. The van der Waals surface area contributed by atoms with Crippen LogP contribution >= 0.6 is 0 Å². The van der Waals surface area contributed by atoms with E-state index >= 15 is 0 Å². The molecule has 1 aromatic rings. The lowest BCUT2D eigenvalue weighted by Crippen LogP contribution is -2.30. The number of rotatable bonds is 3. The Morgan fingerprint density at radius 2 is 2.17 bits per heavy atom. The first kappa shape index (κ1) is 13.3. The van der Waals surface area contributed by atoms with Crippen LogP contribution in [0.25, 0.3) is 0 Å². The first-order valence-electron chi connectivity index (χ1n) is 6.74. The standard InChI is InChI=1S/C15H24N2O/c1-15(2,3)13-6-8-17(10-13)11-14(18)12-5-7-16(4)9-12/h5,7,9,13H,6,8,10-11H2,1-4H3. The Kier molecular flexibility index (Phi) is 3.62. The van der Waals surface area contributed by atoms with Crippen molar-refractivity contribution in [3.8, 4) is 0 Å². The molecule has 1 unspecified atom stereocenters. The number of aromatic nitrogens is 1. The maximum absolute atomic E-state index is 12.1. The number of carbonyl (C=O) groups excluding carboxylic acids is 1. The Morgan fingerprint density at radius 3 is 2.67 bits per heavy atom. The van der Waals surface area contributed by atoms with Crippen LogP contribution in [-0.2, 0) is 7.05 Å². The molecule has 0 saturated carbocycles. The number of carbonyl (C=O) groups is 1. The maximum atomic E-state index is 12.1. The van der Waals surface area contributed by atoms with Crippen LogP contribution in [-0.4, -0.2) is 34.9 Å². The highest BCUT2D eigenvalue weighted by molar-refractivity contribution is 5.97. The molecule has 0 N–H and O–H groups in total. The monoisotopic (exact) mass is 248 g/mol. The van der Waals surface area contributed by atoms with Gasteiger partial charge in [0.1, 0.15) is 0 Å². The lowest BCUT2D eigenvalue weighted by atomic mass is 9.80. The van der Waals surface area contributed by atoms with Crippen molar-refractivity contribution in [2.45, 2.75) is 27.2 Å². The minimum absolute atomic E-state index is 0.241. The number of ketones is 1. The molecule has 0 radical (unpaired) electrons. The molecule has 0 amide bonds. The fourth-order valence-corrected chi connectivity index (χ4v) is 2.65. The van der Waals surface area contributed by atoms with Crippen molar-refractivity contribution in [2.75, 3.05) is 19.6 Å². The zero-order chi connectivity index (χ0) is 13.3. The van der Waals surface area contributed by atoms with Gasteiger partial charge in [-0.3, -0.25) is 9.69 Å². The average Bonchev–Trinajstić information content (AvgIpc) is 2.85. The molecule has 100 valence electrons. The van der Waals surface area contributed by atoms with Gasteiger partial charge in [0, 0.05) is 31.5 Å². The highest BCUT2D eigenvalue weighted by Gasteiger charge is 2.32. The van der Waals surface area contributed by atoms with E-state index in [0.29, 0.717) is 17.9 Å². The number of likely N-dealkylation sites (tertiary alicyclic amines) is 1. The van der Waals surface area contributed by atoms with E-state index in [2.05, 4.69) is 25.7 Å². The van der Waals surface area contributed by atoms with E-state index in [9.17, 15) is 4.79 Å². The molecular weight excluding hydrogens is 224 g/mol. The number of hydrogen-bond donors (Lipinski definition) is 0. The fraction of sp³-hybridized carbons (Fsp3) is 0.667. The van der Waals surface area contributed by atoms with Crippen LogP contribution in [0.15, 0.2) is 18.5 Å². The Labute approximate surface area is 110 Å². The quantitative estimate of drug-likeness (QED) is 0.768. The van der Waals surface area contributed by atoms with E-state index in [-0.39, 0.29) is 5.78 Å². The van der Waals surface area contributed by atoms with Gasteiger partial charge < -0.3 is 4.57 Å². The third kappa shape index (κ3) is 3.02. The minimum Gasteiger partial charge on any atom is -0.357 e. The molecule has 1 fully saturated rings. The van der Waals surface area contributed by atoms with Gasteiger partial charge in [0.05, 0.1) is 6.54 Å². The average molecular weight is 248 g/mol. The summed E-state index contributed by atoms with van der Waals surface area (Å²) in [4.78, 5) is 14.4. The smallest absolute Gasteiger partial charge is 0.178 e. The molecule has 1 aliphatic rings. The lowest BCUT2D eigenvalue weighted by Gasteiger charge is -2.26. The highest BCUT2D eigenvalue weighted by Crippen LogP contribution is 2.33. The Hall–Kier alpha value is -1.09. The van der Waals surface area contributed by atoms with Crippen molar-refractivity contribution in [3.63, 3.8) is 0 Å². The molecule has 2 rings (SSSR count). The van der Waals surface area contributed by atoms with E-state index < -0.39 is 0 Å². The number of hydrogen-bond acceptors (Lipinski definition) is 2. The van der Waals surface area contributed by atoms with Gasteiger partial charge >= 0.3 is 0 Å².